The first-order valence-electron chi connectivity index (χ1n) is 4.77. The molecule has 0 amide bonds. The summed E-state index contributed by atoms with van der Waals surface area (Å²) >= 11 is 5.57. The molecule has 1 N–H and O–H groups in total. The summed E-state index contributed by atoms with van der Waals surface area (Å²) < 4.78 is 0. The van der Waals surface area contributed by atoms with Crippen LogP contribution in [0.4, 0.5) is 0 Å². The molecule has 1 nitrogen and oxygen atoms in total. The van der Waals surface area contributed by atoms with E-state index in [1.165, 1.54) is 0 Å². The van der Waals surface area contributed by atoms with Gasteiger partial charge in [0, 0.05) is 12.4 Å². The van der Waals surface area contributed by atoms with E-state index < -0.39 is 0 Å². The summed E-state index contributed by atoms with van der Waals surface area (Å²) in [6, 6.07) is 0. The van der Waals surface area contributed by atoms with E-state index in [0.717, 1.165) is 31.3 Å². The molecule has 0 heterocycles. The van der Waals surface area contributed by atoms with Crippen molar-refractivity contribution in [1.29, 1.82) is 0 Å². The van der Waals surface area contributed by atoms with Crippen LogP contribution in [0.25, 0.3) is 0 Å². The molecule has 0 saturated heterocycles. The zero-order valence-corrected chi connectivity index (χ0v) is 9.54. The predicted octanol–water partition coefficient (Wildman–Crippen LogP) is 2.89. The second-order valence-corrected chi connectivity index (χ2v) is 4.74. The molecule has 0 spiro atoms. The van der Waals surface area contributed by atoms with E-state index in [-0.39, 0.29) is 0 Å². The SMILES string of the molecule is CC(C)C(C)(C)CNCCCCl. The Bertz CT molecular complexity index is 110. The van der Waals surface area contributed by atoms with Crippen LogP contribution in [0.1, 0.15) is 34.1 Å². The smallest absolute Gasteiger partial charge is 0.0235 e. The average molecular weight is 192 g/mol. The van der Waals surface area contributed by atoms with Gasteiger partial charge in [0.1, 0.15) is 0 Å². The van der Waals surface area contributed by atoms with Gasteiger partial charge in [-0.15, -0.1) is 11.6 Å². The lowest BCUT2D eigenvalue weighted by Gasteiger charge is -2.29. The third-order valence-electron chi connectivity index (χ3n) is 2.63. The van der Waals surface area contributed by atoms with Crippen molar-refractivity contribution in [2.75, 3.05) is 19.0 Å². The van der Waals surface area contributed by atoms with E-state index in [0.29, 0.717) is 5.41 Å². The standard InChI is InChI=1S/C10H22ClN/c1-9(2)10(3,4)8-12-7-5-6-11/h9,12H,5-8H2,1-4H3. The van der Waals surface area contributed by atoms with Crippen molar-refractivity contribution in [2.24, 2.45) is 11.3 Å². The van der Waals surface area contributed by atoms with Crippen LogP contribution in [0, 0.1) is 11.3 Å². The summed E-state index contributed by atoms with van der Waals surface area (Å²) in [6.07, 6.45) is 1.07. The average Bonchev–Trinajstić information content (AvgIpc) is 1.98. The largest absolute Gasteiger partial charge is 0.316 e. The molecule has 0 bridgehead atoms. The molecule has 0 aliphatic heterocycles. The molecule has 0 aliphatic rings. The molecule has 0 radical (unpaired) electrons. The molecule has 2 heteroatoms. The van der Waals surface area contributed by atoms with Crippen molar-refractivity contribution < 1.29 is 0 Å². The fourth-order valence-corrected chi connectivity index (χ4v) is 0.940. The first-order chi connectivity index (χ1) is 5.50. The summed E-state index contributed by atoms with van der Waals surface area (Å²) in [7, 11) is 0. The Balaban J connectivity index is 3.47. The minimum atomic E-state index is 0.395. The van der Waals surface area contributed by atoms with Gasteiger partial charge < -0.3 is 5.32 Å². The van der Waals surface area contributed by atoms with Crippen LogP contribution in [-0.4, -0.2) is 19.0 Å². The van der Waals surface area contributed by atoms with Gasteiger partial charge in [-0.2, -0.15) is 0 Å². The Hall–Kier alpha value is 0.250. The molecule has 0 aromatic heterocycles. The maximum Gasteiger partial charge on any atom is 0.0235 e. The van der Waals surface area contributed by atoms with E-state index in [2.05, 4.69) is 33.0 Å². The van der Waals surface area contributed by atoms with Crippen LogP contribution in [0.3, 0.4) is 0 Å². The number of hydrogen-bond acceptors (Lipinski definition) is 1. The van der Waals surface area contributed by atoms with Gasteiger partial charge in [0.05, 0.1) is 0 Å². The van der Waals surface area contributed by atoms with E-state index in [1.54, 1.807) is 0 Å². The Morgan fingerprint density at radius 1 is 1.33 bits per heavy atom. The second-order valence-electron chi connectivity index (χ2n) is 4.36. The molecular formula is C10H22ClN. The van der Waals surface area contributed by atoms with E-state index in [4.69, 9.17) is 11.6 Å². The maximum absolute atomic E-state index is 5.57. The van der Waals surface area contributed by atoms with Crippen LogP contribution in [-0.2, 0) is 0 Å². The molecule has 12 heavy (non-hydrogen) atoms. The normalized spacial score (nSPS) is 12.5. The van der Waals surface area contributed by atoms with Crippen molar-refractivity contribution in [3.63, 3.8) is 0 Å². The predicted molar refractivity (Wildman–Crippen MR) is 56.8 cm³/mol. The van der Waals surface area contributed by atoms with Gasteiger partial charge in [-0.3, -0.25) is 0 Å². The van der Waals surface area contributed by atoms with E-state index in [9.17, 15) is 0 Å². The third kappa shape index (κ3) is 5.00. The number of nitrogens with one attached hydrogen (secondary N) is 1. The van der Waals surface area contributed by atoms with Crippen LogP contribution in [0.2, 0.25) is 0 Å². The summed E-state index contributed by atoms with van der Waals surface area (Å²) in [5, 5.41) is 3.42. The van der Waals surface area contributed by atoms with Crippen LogP contribution < -0.4 is 5.32 Å². The molecule has 0 rings (SSSR count). The summed E-state index contributed by atoms with van der Waals surface area (Å²) in [5.74, 6) is 1.48. The maximum atomic E-state index is 5.57. The number of hydrogen-bond donors (Lipinski definition) is 1. The van der Waals surface area contributed by atoms with Gasteiger partial charge in [0.2, 0.25) is 0 Å². The summed E-state index contributed by atoms with van der Waals surface area (Å²) in [4.78, 5) is 0. The fraction of sp³-hybridized carbons (Fsp3) is 1.00. The first-order valence-corrected chi connectivity index (χ1v) is 5.31. The van der Waals surface area contributed by atoms with Crippen LogP contribution >= 0.6 is 11.6 Å². The molecule has 0 atom stereocenters. The number of halogens is 1. The van der Waals surface area contributed by atoms with Gasteiger partial charge >= 0.3 is 0 Å². The topological polar surface area (TPSA) is 12.0 Å². The van der Waals surface area contributed by atoms with Gasteiger partial charge in [-0.25, -0.2) is 0 Å². The molecule has 0 aromatic carbocycles. The van der Waals surface area contributed by atoms with Gasteiger partial charge in [-0.1, -0.05) is 27.7 Å². The molecule has 0 fully saturated rings. The highest BCUT2D eigenvalue weighted by Crippen LogP contribution is 2.24. The Kier molecular flexibility index (Phi) is 5.94. The molecule has 74 valence electrons. The molecule has 0 unspecified atom stereocenters. The minimum Gasteiger partial charge on any atom is -0.316 e. The monoisotopic (exact) mass is 191 g/mol. The fourth-order valence-electron chi connectivity index (χ4n) is 0.806. The first kappa shape index (κ1) is 12.2. The lowest BCUT2D eigenvalue weighted by atomic mass is 9.81. The van der Waals surface area contributed by atoms with E-state index in [1.807, 2.05) is 0 Å². The summed E-state index contributed by atoms with van der Waals surface area (Å²) in [5.41, 5.74) is 0.395. The quantitative estimate of drug-likeness (QED) is 0.503. The molecule has 0 saturated carbocycles. The number of alkyl halides is 1. The molecular weight excluding hydrogens is 170 g/mol. The minimum absolute atomic E-state index is 0.395. The van der Waals surface area contributed by atoms with E-state index >= 15 is 0 Å². The van der Waals surface area contributed by atoms with Crippen molar-refractivity contribution in [3.05, 3.63) is 0 Å². The Labute approximate surface area is 81.9 Å². The highest BCUT2D eigenvalue weighted by atomic mass is 35.5. The van der Waals surface area contributed by atoms with Gasteiger partial charge in [0.15, 0.2) is 0 Å². The highest BCUT2D eigenvalue weighted by Gasteiger charge is 2.20. The van der Waals surface area contributed by atoms with Gasteiger partial charge in [0.25, 0.3) is 0 Å². The third-order valence-corrected chi connectivity index (χ3v) is 2.90. The number of rotatable bonds is 6. The lowest BCUT2D eigenvalue weighted by molar-refractivity contribution is 0.239. The Morgan fingerprint density at radius 3 is 2.33 bits per heavy atom. The highest BCUT2D eigenvalue weighted by molar-refractivity contribution is 6.17. The zero-order chi connectivity index (χ0) is 9.61. The lowest BCUT2D eigenvalue weighted by Crippen LogP contribution is -2.34. The van der Waals surface area contributed by atoms with Crippen LogP contribution in [0.15, 0.2) is 0 Å². The Morgan fingerprint density at radius 2 is 1.92 bits per heavy atom. The van der Waals surface area contributed by atoms with Crippen molar-refractivity contribution in [2.45, 2.75) is 34.1 Å². The second kappa shape index (κ2) is 5.82. The van der Waals surface area contributed by atoms with Crippen molar-refractivity contribution in [3.8, 4) is 0 Å². The molecule has 0 aliphatic carbocycles. The zero-order valence-electron chi connectivity index (χ0n) is 8.78. The van der Waals surface area contributed by atoms with Crippen molar-refractivity contribution in [1.82, 2.24) is 5.32 Å². The molecule has 0 aromatic rings. The van der Waals surface area contributed by atoms with Gasteiger partial charge in [-0.05, 0) is 24.3 Å². The summed E-state index contributed by atoms with van der Waals surface area (Å²) in [6.45, 7) is 11.3. The van der Waals surface area contributed by atoms with Crippen molar-refractivity contribution >= 4 is 11.6 Å². The van der Waals surface area contributed by atoms with Crippen LogP contribution in [0.5, 0.6) is 0 Å².